The fourth-order valence-electron chi connectivity index (χ4n) is 2.81. The maximum Gasteiger partial charge on any atom is 0.189 e. The number of hydrogen-bond donors (Lipinski definition) is 0. The lowest BCUT2D eigenvalue weighted by Crippen LogP contribution is -2.28. The maximum atomic E-state index is 11.8. The highest BCUT2D eigenvalue weighted by molar-refractivity contribution is 7.98. The van der Waals surface area contributed by atoms with E-state index in [-0.39, 0.29) is 0 Å². The molecular formula is C12H21OS+. The summed E-state index contributed by atoms with van der Waals surface area (Å²) < 4.78 is 0. The van der Waals surface area contributed by atoms with Gasteiger partial charge in [-0.15, -0.1) is 0 Å². The Morgan fingerprint density at radius 2 is 2.14 bits per heavy atom. The van der Waals surface area contributed by atoms with E-state index in [9.17, 15) is 4.79 Å². The van der Waals surface area contributed by atoms with Crippen LogP contribution in [0.15, 0.2) is 0 Å². The number of carbonyl (C=O) groups is 1. The zero-order chi connectivity index (χ0) is 9.97. The molecule has 0 aromatic rings. The second-order valence-corrected chi connectivity index (χ2v) is 7.01. The third-order valence-corrected chi connectivity index (χ3v) is 6.52. The monoisotopic (exact) mass is 213 g/mol. The molecule has 2 heteroatoms. The molecule has 80 valence electrons. The minimum absolute atomic E-state index is 0.477. The molecule has 0 radical (unpaired) electrons. The summed E-state index contributed by atoms with van der Waals surface area (Å²) >= 11 is 0. The third kappa shape index (κ3) is 2.00. The van der Waals surface area contributed by atoms with Gasteiger partial charge in [-0.25, -0.2) is 0 Å². The molecule has 3 unspecified atom stereocenters. The highest BCUT2D eigenvalue weighted by Crippen LogP contribution is 2.37. The Balaban J connectivity index is 1.95. The van der Waals surface area contributed by atoms with E-state index < -0.39 is 0 Å². The SMILES string of the molecule is CCCC[S+]1CC(=O)C2CCCCC21. The molecule has 1 saturated heterocycles. The lowest BCUT2D eigenvalue weighted by molar-refractivity contribution is -0.120. The molecule has 14 heavy (non-hydrogen) atoms. The van der Waals surface area contributed by atoms with Crippen LogP contribution in [0, 0.1) is 5.92 Å². The number of ketones is 1. The lowest BCUT2D eigenvalue weighted by atomic mass is 9.87. The molecule has 1 nitrogen and oxygen atoms in total. The van der Waals surface area contributed by atoms with Crippen LogP contribution >= 0.6 is 0 Å². The van der Waals surface area contributed by atoms with Gasteiger partial charge >= 0.3 is 0 Å². The Morgan fingerprint density at radius 1 is 1.36 bits per heavy atom. The predicted octanol–water partition coefficient (Wildman–Crippen LogP) is 2.55. The quantitative estimate of drug-likeness (QED) is 0.658. The summed E-state index contributed by atoms with van der Waals surface area (Å²) in [7, 11) is 0.477. The molecule has 1 saturated carbocycles. The van der Waals surface area contributed by atoms with Gasteiger partial charge in [0.2, 0.25) is 0 Å². The van der Waals surface area contributed by atoms with Gasteiger partial charge in [0.1, 0.15) is 11.0 Å². The summed E-state index contributed by atoms with van der Waals surface area (Å²) in [4.78, 5) is 11.8. The van der Waals surface area contributed by atoms with Crippen LogP contribution in [0.25, 0.3) is 0 Å². The smallest absolute Gasteiger partial charge is 0.189 e. The van der Waals surface area contributed by atoms with E-state index in [1.807, 2.05) is 0 Å². The molecule has 1 aliphatic heterocycles. The molecule has 2 rings (SSSR count). The molecule has 3 atom stereocenters. The number of Topliss-reactive ketones (excluding diaryl/α,β-unsaturated/α-hetero) is 1. The van der Waals surface area contributed by atoms with Crippen molar-refractivity contribution in [3.8, 4) is 0 Å². The number of rotatable bonds is 3. The highest BCUT2D eigenvalue weighted by Gasteiger charge is 2.50. The summed E-state index contributed by atoms with van der Waals surface area (Å²) in [5.74, 6) is 3.37. The van der Waals surface area contributed by atoms with Crippen molar-refractivity contribution >= 4 is 16.7 Å². The van der Waals surface area contributed by atoms with Gasteiger partial charge in [0.25, 0.3) is 0 Å². The maximum absolute atomic E-state index is 11.8. The number of fused-ring (bicyclic) bond motifs is 1. The van der Waals surface area contributed by atoms with Crippen molar-refractivity contribution in [2.24, 2.45) is 5.92 Å². The van der Waals surface area contributed by atoms with Crippen molar-refractivity contribution in [1.29, 1.82) is 0 Å². The average Bonchev–Trinajstić information content (AvgIpc) is 2.54. The van der Waals surface area contributed by atoms with Crippen LogP contribution in [0.4, 0.5) is 0 Å². The lowest BCUT2D eigenvalue weighted by Gasteiger charge is -2.21. The molecule has 0 aromatic carbocycles. The first-order chi connectivity index (χ1) is 6.83. The van der Waals surface area contributed by atoms with E-state index in [1.54, 1.807) is 0 Å². The van der Waals surface area contributed by atoms with Crippen molar-refractivity contribution in [3.63, 3.8) is 0 Å². The van der Waals surface area contributed by atoms with Crippen LogP contribution in [0.5, 0.6) is 0 Å². The zero-order valence-corrected chi connectivity index (χ0v) is 9.94. The molecule has 2 aliphatic rings. The largest absolute Gasteiger partial charge is 0.294 e. The van der Waals surface area contributed by atoms with E-state index in [0.717, 1.165) is 11.0 Å². The summed E-state index contributed by atoms with van der Waals surface area (Å²) in [6.45, 7) is 2.25. The van der Waals surface area contributed by atoms with Crippen molar-refractivity contribution in [2.75, 3.05) is 11.5 Å². The molecule has 1 heterocycles. The Morgan fingerprint density at radius 3 is 2.93 bits per heavy atom. The van der Waals surface area contributed by atoms with E-state index in [1.165, 1.54) is 44.3 Å². The van der Waals surface area contributed by atoms with Crippen LogP contribution in [-0.2, 0) is 15.7 Å². The topological polar surface area (TPSA) is 17.1 Å². The van der Waals surface area contributed by atoms with Gasteiger partial charge in [-0.3, -0.25) is 4.79 Å². The van der Waals surface area contributed by atoms with Gasteiger partial charge in [0.05, 0.1) is 5.92 Å². The molecule has 0 aromatic heterocycles. The zero-order valence-electron chi connectivity index (χ0n) is 9.13. The van der Waals surface area contributed by atoms with E-state index in [0.29, 0.717) is 22.6 Å². The van der Waals surface area contributed by atoms with Gasteiger partial charge < -0.3 is 0 Å². The summed E-state index contributed by atoms with van der Waals surface area (Å²) in [6.07, 6.45) is 7.86. The molecule has 0 spiro atoms. The van der Waals surface area contributed by atoms with Crippen LogP contribution in [0.2, 0.25) is 0 Å². The fourth-order valence-corrected chi connectivity index (χ4v) is 5.97. The first kappa shape index (κ1) is 10.5. The van der Waals surface area contributed by atoms with E-state index in [4.69, 9.17) is 0 Å². The molecule has 0 amide bonds. The first-order valence-electron chi connectivity index (χ1n) is 6.02. The third-order valence-electron chi connectivity index (χ3n) is 3.63. The Hall–Kier alpha value is 0.0200. The average molecular weight is 213 g/mol. The van der Waals surface area contributed by atoms with Crippen molar-refractivity contribution in [1.82, 2.24) is 0 Å². The number of unbranched alkanes of at least 4 members (excludes halogenated alkanes) is 1. The summed E-state index contributed by atoms with van der Waals surface area (Å²) in [6, 6.07) is 0. The molecule has 2 fully saturated rings. The van der Waals surface area contributed by atoms with Crippen LogP contribution in [0.1, 0.15) is 45.4 Å². The van der Waals surface area contributed by atoms with Gasteiger partial charge in [0, 0.05) is 0 Å². The van der Waals surface area contributed by atoms with Gasteiger partial charge in [-0.05, 0) is 36.6 Å². The highest BCUT2D eigenvalue weighted by atomic mass is 32.2. The minimum atomic E-state index is 0.477. The van der Waals surface area contributed by atoms with Crippen molar-refractivity contribution < 1.29 is 4.79 Å². The number of carbonyl (C=O) groups excluding carboxylic acids is 1. The fraction of sp³-hybridized carbons (Fsp3) is 0.917. The molecule has 1 aliphatic carbocycles. The van der Waals surface area contributed by atoms with Gasteiger partial charge in [0.15, 0.2) is 11.5 Å². The normalized spacial score (nSPS) is 37.2. The summed E-state index contributed by atoms with van der Waals surface area (Å²) in [5, 5.41) is 0.808. The van der Waals surface area contributed by atoms with Crippen LogP contribution in [0.3, 0.4) is 0 Å². The molecule has 0 N–H and O–H groups in total. The molecular weight excluding hydrogens is 192 g/mol. The molecule has 0 bridgehead atoms. The number of hydrogen-bond acceptors (Lipinski definition) is 1. The van der Waals surface area contributed by atoms with E-state index in [2.05, 4.69) is 6.92 Å². The first-order valence-corrected chi connectivity index (χ1v) is 7.64. The summed E-state index contributed by atoms with van der Waals surface area (Å²) in [5.41, 5.74) is 0. The van der Waals surface area contributed by atoms with Gasteiger partial charge in [-0.2, -0.15) is 0 Å². The van der Waals surface area contributed by atoms with Gasteiger partial charge in [-0.1, -0.05) is 19.8 Å². The predicted molar refractivity (Wildman–Crippen MR) is 62.8 cm³/mol. The Labute approximate surface area is 90.0 Å². The standard InChI is InChI=1S/C12H21OS/c1-2-3-8-14-9-11(13)10-6-4-5-7-12(10)14/h10,12H,2-9H2,1H3/q+1. The second-order valence-electron chi connectivity index (χ2n) is 4.64. The van der Waals surface area contributed by atoms with Crippen molar-refractivity contribution in [3.05, 3.63) is 0 Å². The Bertz CT molecular complexity index is 214. The second kappa shape index (κ2) is 4.69. The van der Waals surface area contributed by atoms with E-state index >= 15 is 0 Å². The van der Waals surface area contributed by atoms with Crippen LogP contribution in [-0.4, -0.2) is 22.5 Å². The Kier molecular flexibility index (Phi) is 3.53. The van der Waals surface area contributed by atoms with Crippen molar-refractivity contribution in [2.45, 2.75) is 50.7 Å². The van der Waals surface area contributed by atoms with Crippen LogP contribution < -0.4 is 0 Å². The minimum Gasteiger partial charge on any atom is -0.294 e.